The molecule has 0 aliphatic rings. The molecule has 1 aromatic carbocycles. The van der Waals surface area contributed by atoms with Crippen LogP contribution in [-0.2, 0) is 5.41 Å². The molecule has 1 aromatic heterocycles. The highest BCUT2D eigenvalue weighted by Gasteiger charge is 2.21. The average Bonchev–Trinajstić information content (AvgIpc) is 2.76. The number of rotatable bonds is 2. The van der Waals surface area contributed by atoms with Crippen LogP contribution in [0.5, 0.6) is 0 Å². The molecule has 0 saturated heterocycles. The van der Waals surface area contributed by atoms with Gasteiger partial charge < -0.3 is 0 Å². The normalized spacial score (nSPS) is 11.4. The first kappa shape index (κ1) is 14.6. The third-order valence-electron chi connectivity index (χ3n) is 2.68. The molecule has 2 rings (SSSR count). The van der Waals surface area contributed by atoms with Crippen molar-refractivity contribution in [3.8, 4) is 0 Å². The molecule has 2 aromatic rings. The number of aromatic nitrogens is 1. The van der Waals surface area contributed by atoms with Crippen LogP contribution in [0.4, 0.5) is 13.9 Å². The van der Waals surface area contributed by atoms with Gasteiger partial charge in [0.2, 0.25) is 0 Å². The highest BCUT2D eigenvalue weighted by Crippen LogP contribution is 2.26. The second-order valence-corrected chi connectivity index (χ2v) is 6.20. The van der Waals surface area contributed by atoms with E-state index in [1.54, 1.807) is 0 Å². The molecule has 1 N–H and O–H groups in total. The van der Waals surface area contributed by atoms with Crippen LogP contribution in [0.25, 0.3) is 0 Å². The summed E-state index contributed by atoms with van der Waals surface area (Å²) in [5.41, 5.74) is 0.0646. The van der Waals surface area contributed by atoms with Gasteiger partial charge in [-0.3, -0.25) is 10.1 Å². The number of benzene rings is 1. The Bertz CT molecular complexity index is 627. The second-order valence-electron chi connectivity index (χ2n) is 5.34. The fraction of sp³-hybridized carbons (Fsp3) is 0.286. The summed E-state index contributed by atoms with van der Waals surface area (Å²) in [7, 11) is 0. The molecular weight excluding hydrogens is 282 g/mol. The van der Waals surface area contributed by atoms with Crippen molar-refractivity contribution in [3.05, 3.63) is 46.5 Å². The molecular formula is C14H14F2N2OS. The zero-order valence-electron chi connectivity index (χ0n) is 11.3. The Morgan fingerprint density at radius 2 is 1.85 bits per heavy atom. The molecule has 0 bridgehead atoms. The first-order valence-corrected chi connectivity index (χ1v) is 6.88. The molecule has 0 spiro atoms. The van der Waals surface area contributed by atoms with E-state index in [4.69, 9.17) is 0 Å². The lowest BCUT2D eigenvalue weighted by molar-refractivity contribution is 0.101. The topological polar surface area (TPSA) is 42.0 Å². The molecule has 0 saturated carbocycles. The predicted molar refractivity (Wildman–Crippen MR) is 75.1 cm³/mol. The number of nitrogens with zero attached hydrogens (tertiary/aromatic N) is 1. The van der Waals surface area contributed by atoms with Crippen molar-refractivity contribution in [1.29, 1.82) is 0 Å². The van der Waals surface area contributed by atoms with Crippen LogP contribution >= 0.6 is 11.3 Å². The van der Waals surface area contributed by atoms with Crippen LogP contribution in [0.15, 0.2) is 23.6 Å². The van der Waals surface area contributed by atoms with Crippen LogP contribution in [0, 0.1) is 11.6 Å². The quantitative estimate of drug-likeness (QED) is 0.911. The largest absolute Gasteiger partial charge is 0.298 e. The molecule has 0 radical (unpaired) electrons. The van der Waals surface area contributed by atoms with E-state index < -0.39 is 23.1 Å². The lowest BCUT2D eigenvalue weighted by atomic mass is 9.93. The number of thiazole rings is 1. The van der Waals surface area contributed by atoms with Crippen molar-refractivity contribution in [2.24, 2.45) is 0 Å². The van der Waals surface area contributed by atoms with Crippen LogP contribution in [-0.4, -0.2) is 10.9 Å². The van der Waals surface area contributed by atoms with Crippen molar-refractivity contribution in [3.63, 3.8) is 0 Å². The number of carbonyl (C=O) groups excluding carboxylic acids is 1. The first-order valence-electron chi connectivity index (χ1n) is 6.00. The van der Waals surface area contributed by atoms with Crippen molar-refractivity contribution < 1.29 is 13.6 Å². The van der Waals surface area contributed by atoms with E-state index in [-0.39, 0.29) is 5.41 Å². The standard InChI is InChI=1S/C14H14F2N2OS/c1-14(2,3)10-7-20-13(17-10)18-12(19)11-8(15)5-4-6-9(11)16/h4-7H,1-3H3,(H,17,18,19). The van der Waals surface area contributed by atoms with Crippen LogP contribution in [0.1, 0.15) is 36.8 Å². The monoisotopic (exact) mass is 296 g/mol. The summed E-state index contributed by atoms with van der Waals surface area (Å²) >= 11 is 1.22. The lowest BCUT2D eigenvalue weighted by Gasteiger charge is -2.14. The summed E-state index contributed by atoms with van der Waals surface area (Å²) in [5.74, 6) is -2.62. The van der Waals surface area contributed by atoms with E-state index in [9.17, 15) is 13.6 Å². The van der Waals surface area contributed by atoms with E-state index in [1.807, 2.05) is 26.2 Å². The maximum absolute atomic E-state index is 13.5. The highest BCUT2D eigenvalue weighted by atomic mass is 32.1. The van der Waals surface area contributed by atoms with Crippen LogP contribution in [0.2, 0.25) is 0 Å². The number of anilines is 1. The maximum atomic E-state index is 13.5. The number of halogens is 2. The predicted octanol–water partition coefficient (Wildman–Crippen LogP) is 3.97. The Morgan fingerprint density at radius 1 is 1.25 bits per heavy atom. The molecule has 20 heavy (non-hydrogen) atoms. The SMILES string of the molecule is CC(C)(C)c1csc(NC(=O)c2c(F)cccc2F)n1. The molecule has 0 aliphatic carbocycles. The molecule has 0 atom stereocenters. The number of amides is 1. The van der Waals surface area contributed by atoms with Gasteiger partial charge in [-0.2, -0.15) is 0 Å². The zero-order chi connectivity index (χ0) is 14.9. The van der Waals surface area contributed by atoms with Crippen molar-refractivity contribution in [1.82, 2.24) is 4.98 Å². The van der Waals surface area contributed by atoms with E-state index >= 15 is 0 Å². The molecule has 106 valence electrons. The Kier molecular flexibility index (Phi) is 3.85. The van der Waals surface area contributed by atoms with E-state index in [0.29, 0.717) is 5.13 Å². The Labute approximate surface area is 119 Å². The van der Waals surface area contributed by atoms with Gasteiger partial charge in [-0.1, -0.05) is 26.8 Å². The summed E-state index contributed by atoms with van der Waals surface area (Å²) in [4.78, 5) is 16.1. The van der Waals surface area contributed by atoms with Gasteiger partial charge >= 0.3 is 0 Å². The van der Waals surface area contributed by atoms with Gasteiger partial charge in [0.25, 0.3) is 5.91 Å². The van der Waals surface area contributed by atoms with Gasteiger partial charge in [0.1, 0.15) is 17.2 Å². The number of hydrogen-bond acceptors (Lipinski definition) is 3. The molecule has 1 amide bonds. The fourth-order valence-electron chi connectivity index (χ4n) is 1.55. The minimum atomic E-state index is -0.893. The van der Waals surface area contributed by atoms with Crippen LogP contribution < -0.4 is 5.32 Å². The minimum absolute atomic E-state index is 0.150. The van der Waals surface area contributed by atoms with E-state index in [2.05, 4.69) is 10.3 Å². The zero-order valence-corrected chi connectivity index (χ0v) is 12.1. The van der Waals surface area contributed by atoms with Gasteiger partial charge in [0.05, 0.1) is 5.69 Å². The average molecular weight is 296 g/mol. The summed E-state index contributed by atoms with van der Waals surface area (Å²) in [6.07, 6.45) is 0. The first-order chi connectivity index (χ1) is 9.29. The molecule has 0 unspecified atom stereocenters. The highest BCUT2D eigenvalue weighted by molar-refractivity contribution is 7.14. The Hall–Kier alpha value is -1.82. The maximum Gasteiger partial charge on any atom is 0.263 e. The number of nitrogens with one attached hydrogen (secondary N) is 1. The third-order valence-corrected chi connectivity index (χ3v) is 3.44. The van der Waals surface area contributed by atoms with Gasteiger partial charge in [-0.25, -0.2) is 13.8 Å². The summed E-state index contributed by atoms with van der Waals surface area (Å²) < 4.78 is 27.0. The molecule has 0 fully saturated rings. The van der Waals surface area contributed by atoms with Crippen molar-refractivity contribution in [2.45, 2.75) is 26.2 Å². The number of carbonyl (C=O) groups is 1. The number of hydrogen-bond donors (Lipinski definition) is 1. The van der Waals surface area contributed by atoms with E-state index in [1.165, 1.54) is 17.4 Å². The second kappa shape index (κ2) is 5.28. The van der Waals surface area contributed by atoms with Gasteiger partial charge in [0, 0.05) is 10.8 Å². The Morgan fingerprint density at radius 3 is 2.35 bits per heavy atom. The smallest absolute Gasteiger partial charge is 0.263 e. The van der Waals surface area contributed by atoms with Gasteiger partial charge in [-0.15, -0.1) is 11.3 Å². The van der Waals surface area contributed by atoms with Crippen LogP contribution in [0.3, 0.4) is 0 Å². The minimum Gasteiger partial charge on any atom is -0.298 e. The molecule has 6 heteroatoms. The van der Waals surface area contributed by atoms with Crippen molar-refractivity contribution >= 4 is 22.4 Å². The van der Waals surface area contributed by atoms with Crippen molar-refractivity contribution in [2.75, 3.05) is 5.32 Å². The molecule has 1 heterocycles. The third kappa shape index (κ3) is 3.01. The van der Waals surface area contributed by atoms with Gasteiger partial charge in [-0.05, 0) is 12.1 Å². The molecule has 3 nitrogen and oxygen atoms in total. The summed E-state index contributed by atoms with van der Waals surface area (Å²) in [6.45, 7) is 5.97. The Balaban J connectivity index is 2.22. The van der Waals surface area contributed by atoms with E-state index in [0.717, 1.165) is 17.8 Å². The van der Waals surface area contributed by atoms with Gasteiger partial charge in [0.15, 0.2) is 5.13 Å². The molecule has 0 aliphatic heterocycles. The summed E-state index contributed by atoms with van der Waals surface area (Å²) in [5, 5.41) is 4.56. The lowest BCUT2D eigenvalue weighted by Crippen LogP contribution is -2.16. The fourth-order valence-corrected chi connectivity index (χ4v) is 2.48. The summed E-state index contributed by atoms with van der Waals surface area (Å²) in [6, 6.07) is 3.30.